The van der Waals surface area contributed by atoms with Crippen molar-refractivity contribution >= 4 is 15.9 Å². The van der Waals surface area contributed by atoms with E-state index in [1.165, 1.54) is 5.56 Å². The predicted molar refractivity (Wildman–Crippen MR) is 92.1 cm³/mol. The second-order valence-corrected chi connectivity index (χ2v) is 6.31. The number of benzene rings is 1. The lowest BCUT2D eigenvalue weighted by molar-refractivity contribution is 0.0974. The van der Waals surface area contributed by atoms with Crippen LogP contribution in [0.5, 0.6) is 5.75 Å². The third-order valence-corrected chi connectivity index (χ3v) is 3.90. The van der Waals surface area contributed by atoms with Gasteiger partial charge in [0.15, 0.2) is 0 Å². The molecule has 1 unspecified atom stereocenters. The summed E-state index contributed by atoms with van der Waals surface area (Å²) in [4.78, 5) is 0. The first-order valence-corrected chi connectivity index (χ1v) is 8.62. The Kier molecular flexibility index (Phi) is 8.97. The molecular weight excluding hydrogens is 330 g/mol. The van der Waals surface area contributed by atoms with Gasteiger partial charge >= 0.3 is 0 Å². The van der Waals surface area contributed by atoms with Crippen LogP contribution in [0.25, 0.3) is 0 Å². The summed E-state index contributed by atoms with van der Waals surface area (Å²) >= 11 is 3.55. The number of unbranched alkanes of at least 4 members (excludes halogenated alkanes) is 1. The number of rotatable bonds is 10. The molecule has 120 valence electrons. The second kappa shape index (κ2) is 10.2. The van der Waals surface area contributed by atoms with Crippen molar-refractivity contribution in [3.05, 3.63) is 27.7 Å². The number of nitrogens with two attached hydrogens (primary N) is 1. The first-order valence-electron chi connectivity index (χ1n) is 7.83. The first kappa shape index (κ1) is 18.5. The van der Waals surface area contributed by atoms with Crippen LogP contribution in [0.2, 0.25) is 0 Å². The van der Waals surface area contributed by atoms with Crippen molar-refractivity contribution in [1.82, 2.24) is 0 Å². The Balaban J connectivity index is 2.62. The van der Waals surface area contributed by atoms with Crippen LogP contribution in [0.4, 0.5) is 0 Å². The highest BCUT2D eigenvalue weighted by Crippen LogP contribution is 2.29. The Morgan fingerprint density at radius 2 is 1.95 bits per heavy atom. The van der Waals surface area contributed by atoms with Crippen LogP contribution in [0.15, 0.2) is 16.6 Å². The molecule has 4 heteroatoms. The average molecular weight is 358 g/mol. The van der Waals surface area contributed by atoms with Gasteiger partial charge in [-0.25, -0.2) is 0 Å². The molecular formula is C17H28BrNO2. The number of hydrogen-bond acceptors (Lipinski definition) is 3. The van der Waals surface area contributed by atoms with Gasteiger partial charge in [-0.15, -0.1) is 0 Å². The van der Waals surface area contributed by atoms with Crippen LogP contribution in [0.3, 0.4) is 0 Å². The van der Waals surface area contributed by atoms with E-state index in [0.29, 0.717) is 13.2 Å². The summed E-state index contributed by atoms with van der Waals surface area (Å²) in [6.07, 6.45) is 4.06. The smallest absolute Gasteiger partial charge is 0.125 e. The molecule has 0 aliphatic rings. The maximum atomic E-state index is 6.09. The highest BCUT2D eigenvalue weighted by Gasteiger charge is 2.12. The molecule has 0 spiro atoms. The monoisotopic (exact) mass is 357 g/mol. The molecule has 0 heterocycles. The Morgan fingerprint density at radius 1 is 1.19 bits per heavy atom. The molecule has 0 saturated heterocycles. The van der Waals surface area contributed by atoms with Crippen molar-refractivity contribution in [2.45, 2.75) is 52.5 Å². The maximum Gasteiger partial charge on any atom is 0.125 e. The van der Waals surface area contributed by atoms with Crippen LogP contribution in [-0.2, 0) is 11.2 Å². The number of hydrogen-bond donors (Lipinski definition) is 1. The van der Waals surface area contributed by atoms with Crippen LogP contribution in [0.1, 0.15) is 44.2 Å². The zero-order valence-electron chi connectivity index (χ0n) is 13.5. The largest absolute Gasteiger partial charge is 0.491 e. The highest BCUT2D eigenvalue weighted by molar-refractivity contribution is 9.10. The summed E-state index contributed by atoms with van der Waals surface area (Å²) in [6, 6.07) is 4.35. The summed E-state index contributed by atoms with van der Waals surface area (Å²) in [6.45, 7) is 8.37. The molecule has 0 radical (unpaired) electrons. The molecule has 0 bridgehead atoms. The van der Waals surface area contributed by atoms with Gasteiger partial charge in [0.2, 0.25) is 0 Å². The normalized spacial score (nSPS) is 12.4. The van der Waals surface area contributed by atoms with Crippen LogP contribution in [0, 0.1) is 6.92 Å². The molecule has 2 N–H and O–H groups in total. The molecule has 1 aromatic carbocycles. The van der Waals surface area contributed by atoms with Crippen molar-refractivity contribution in [2.24, 2.45) is 5.73 Å². The number of ether oxygens (including phenoxy) is 2. The first-order chi connectivity index (χ1) is 10.1. The number of aryl methyl sites for hydroxylation is 1. The predicted octanol–water partition coefficient (Wildman–Crippen LogP) is 4.23. The Labute approximate surface area is 137 Å². The average Bonchev–Trinajstić information content (AvgIpc) is 2.44. The molecule has 0 aliphatic carbocycles. The fourth-order valence-electron chi connectivity index (χ4n) is 2.14. The van der Waals surface area contributed by atoms with Gasteiger partial charge in [-0.3, -0.25) is 0 Å². The lowest BCUT2D eigenvalue weighted by atomic mass is 10.0. The second-order valence-electron chi connectivity index (χ2n) is 5.40. The van der Waals surface area contributed by atoms with Gasteiger partial charge in [0, 0.05) is 17.1 Å². The summed E-state index contributed by atoms with van der Waals surface area (Å²) in [5, 5.41) is 0. The van der Waals surface area contributed by atoms with Gasteiger partial charge in [-0.2, -0.15) is 0 Å². The zero-order valence-corrected chi connectivity index (χ0v) is 15.0. The van der Waals surface area contributed by atoms with E-state index in [9.17, 15) is 0 Å². The van der Waals surface area contributed by atoms with Crippen molar-refractivity contribution in [2.75, 3.05) is 19.8 Å². The zero-order chi connectivity index (χ0) is 15.7. The molecule has 21 heavy (non-hydrogen) atoms. The molecule has 0 fully saturated rings. The topological polar surface area (TPSA) is 44.5 Å². The van der Waals surface area contributed by atoms with Crippen molar-refractivity contribution in [1.29, 1.82) is 0 Å². The maximum absolute atomic E-state index is 6.09. The number of halogens is 1. The fourth-order valence-corrected chi connectivity index (χ4v) is 2.76. The third kappa shape index (κ3) is 6.81. The van der Waals surface area contributed by atoms with E-state index >= 15 is 0 Å². The SMILES string of the molecule is CCCCOCCOc1c(C)cc(Br)cc1CC(N)CC. The van der Waals surface area contributed by atoms with Crippen molar-refractivity contribution < 1.29 is 9.47 Å². The van der Waals surface area contributed by atoms with E-state index in [0.717, 1.165) is 48.1 Å². The molecule has 3 nitrogen and oxygen atoms in total. The molecule has 0 saturated carbocycles. The highest BCUT2D eigenvalue weighted by atomic mass is 79.9. The minimum Gasteiger partial charge on any atom is -0.491 e. The van der Waals surface area contributed by atoms with E-state index < -0.39 is 0 Å². The van der Waals surface area contributed by atoms with Crippen molar-refractivity contribution in [3.8, 4) is 5.75 Å². The van der Waals surface area contributed by atoms with Gasteiger partial charge in [0.25, 0.3) is 0 Å². The minimum atomic E-state index is 0.168. The lowest BCUT2D eigenvalue weighted by Crippen LogP contribution is -2.22. The van der Waals surface area contributed by atoms with E-state index in [1.807, 2.05) is 0 Å². The standard InChI is InChI=1S/C17H28BrNO2/c1-4-6-7-20-8-9-21-17-13(3)10-15(18)11-14(17)12-16(19)5-2/h10-11,16H,4-9,12,19H2,1-3H3. The third-order valence-electron chi connectivity index (χ3n) is 3.44. The van der Waals surface area contributed by atoms with E-state index in [4.69, 9.17) is 15.2 Å². The van der Waals surface area contributed by atoms with Crippen molar-refractivity contribution in [3.63, 3.8) is 0 Å². The molecule has 1 atom stereocenters. The Hall–Kier alpha value is -0.580. The van der Waals surface area contributed by atoms with Gasteiger partial charge < -0.3 is 15.2 Å². The fraction of sp³-hybridized carbons (Fsp3) is 0.647. The van der Waals surface area contributed by atoms with Crippen LogP contribution in [-0.4, -0.2) is 25.9 Å². The molecule has 1 aromatic rings. The Morgan fingerprint density at radius 3 is 2.62 bits per heavy atom. The molecule has 1 rings (SSSR count). The summed E-state index contributed by atoms with van der Waals surface area (Å²) in [7, 11) is 0. The molecule has 0 amide bonds. The Bertz CT molecular complexity index is 423. The van der Waals surface area contributed by atoms with E-state index in [-0.39, 0.29) is 6.04 Å². The molecule has 0 aliphatic heterocycles. The van der Waals surface area contributed by atoms with E-state index in [2.05, 4.69) is 48.8 Å². The minimum absolute atomic E-state index is 0.168. The summed E-state index contributed by atoms with van der Waals surface area (Å²) in [5.41, 5.74) is 8.39. The van der Waals surface area contributed by atoms with Gasteiger partial charge in [0.05, 0.1) is 6.61 Å². The van der Waals surface area contributed by atoms with E-state index in [1.54, 1.807) is 0 Å². The lowest BCUT2D eigenvalue weighted by Gasteiger charge is -2.17. The molecule has 0 aromatic heterocycles. The van der Waals surface area contributed by atoms with Crippen LogP contribution >= 0.6 is 15.9 Å². The quantitative estimate of drug-likeness (QED) is 0.637. The van der Waals surface area contributed by atoms with Gasteiger partial charge in [0.1, 0.15) is 12.4 Å². The van der Waals surface area contributed by atoms with Gasteiger partial charge in [-0.05, 0) is 49.4 Å². The van der Waals surface area contributed by atoms with Crippen LogP contribution < -0.4 is 10.5 Å². The summed E-state index contributed by atoms with van der Waals surface area (Å²) < 4.78 is 12.6. The van der Waals surface area contributed by atoms with Gasteiger partial charge in [-0.1, -0.05) is 36.2 Å². The summed E-state index contributed by atoms with van der Waals surface area (Å²) in [5.74, 6) is 0.959.